The van der Waals surface area contributed by atoms with Crippen LogP contribution in [-0.4, -0.2) is 142 Å². The Bertz CT molecular complexity index is 1100. The molecule has 7 N–H and O–H groups in total. The zero-order valence-corrected chi connectivity index (χ0v) is 39.3. The van der Waals surface area contributed by atoms with Crippen LogP contribution in [0.15, 0.2) is 12.2 Å². The van der Waals surface area contributed by atoms with Crippen LogP contribution in [0.25, 0.3) is 0 Å². The molecule has 0 aliphatic carbocycles. The number of carbonyl (C=O) groups excluding carboxylic acids is 1. The number of unbranched alkanes of at least 4 members (excludes halogenated alkanes) is 24. The summed E-state index contributed by atoms with van der Waals surface area (Å²) in [6.45, 7) is 3.69. The molecule has 63 heavy (non-hydrogen) atoms. The van der Waals surface area contributed by atoms with Gasteiger partial charge in [-0.3, -0.25) is 4.79 Å². The zero-order chi connectivity index (χ0) is 45.9. The standard InChI is InChI=1S/C49H92O14/c1-3-5-7-9-11-13-15-17-19-21-23-25-27-29-31-33-58-35-38(61-41(51)32-30-28-26-24-22-20-18-16-14-12-10-8-6-4-2)36-59-48-47(57)45(55)43(53)40(63-48)37-60-49-46(56)44(54)42(52)39(34-50)62-49/h16,18,38-40,42-50,52-57H,3-15,17,19-37H2,1-2H3/b18-16-. The quantitative estimate of drug-likeness (QED) is 0.0186. The first-order valence-electron chi connectivity index (χ1n) is 25.3. The Kier molecular flexibility index (Phi) is 34.7. The zero-order valence-electron chi connectivity index (χ0n) is 39.3. The minimum absolute atomic E-state index is 0.0637. The molecule has 14 nitrogen and oxygen atoms in total. The van der Waals surface area contributed by atoms with Crippen LogP contribution >= 0.6 is 0 Å². The molecule has 2 aliphatic rings. The van der Waals surface area contributed by atoms with Crippen molar-refractivity contribution in [1.82, 2.24) is 0 Å². The van der Waals surface area contributed by atoms with Crippen molar-refractivity contribution < 1.29 is 69.0 Å². The van der Waals surface area contributed by atoms with Gasteiger partial charge in [0, 0.05) is 13.0 Å². The van der Waals surface area contributed by atoms with Crippen molar-refractivity contribution in [1.29, 1.82) is 0 Å². The maximum atomic E-state index is 13.0. The van der Waals surface area contributed by atoms with E-state index in [-0.39, 0.29) is 25.6 Å². The van der Waals surface area contributed by atoms with Crippen LogP contribution in [0.2, 0.25) is 0 Å². The summed E-state index contributed by atoms with van der Waals surface area (Å²) < 4.78 is 34.2. The first-order chi connectivity index (χ1) is 30.6. The summed E-state index contributed by atoms with van der Waals surface area (Å²) in [5, 5.41) is 72.0. The predicted molar refractivity (Wildman–Crippen MR) is 243 cm³/mol. The fourth-order valence-corrected chi connectivity index (χ4v) is 8.10. The highest BCUT2D eigenvalue weighted by atomic mass is 16.7. The lowest BCUT2D eigenvalue weighted by molar-refractivity contribution is -0.332. The van der Waals surface area contributed by atoms with Crippen LogP contribution in [0.3, 0.4) is 0 Å². The Balaban J connectivity index is 1.78. The number of allylic oxidation sites excluding steroid dienone is 2. The molecule has 0 bridgehead atoms. The summed E-state index contributed by atoms with van der Waals surface area (Å²) in [5.74, 6) is -0.382. The van der Waals surface area contributed by atoms with E-state index in [0.29, 0.717) is 13.0 Å². The summed E-state index contributed by atoms with van der Waals surface area (Å²) in [6.07, 6.45) is 21.3. The number of ether oxygens (including phenoxy) is 6. The Morgan fingerprint density at radius 2 is 0.937 bits per heavy atom. The largest absolute Gasteiger partial charge is 0.457 e. The molecule has 0 aromatic carbocycles. The number of esters is 1. The van der Waals surface area contributed by atoms with E-state index in [4.69, 9.17) is 28.4 Å². The van der Waals surface area contributed by atoms with E-state index in [9.17, 15) is 40.5 Å². The van der Waals surface area contributed by atoms with Crippen molar-refractivity contribution in [2.24, 2.45) is 0 Å². The highest BCUT2D eigenvalue weighted by molar-refractivity contribution is 5.69. The second kappa shape index (κ2) is 37.8. The van der Waals surface area contributed by atoms with Crippen LogP contribution in [0.4, 0.5) is 0 Å². The Morgan fingerprint density at radius 1 is 0.508 bits per heavy atom. The van der Waals surface area contributed by atoms with Crippen molar-refractivity contribution in [3.63, 3.8) is 0 Å². The molecule has 2 fully saturated rings. The third-order valence-electron chi connectivity index (χ3n) is 12.3. The fourth-order valence-electron chi connectivity index (χ4n) is 8.10. The topological polar surface area (TPSA) is 214 Å². The van der Waals surface area contributed by atoms with Crippen molar-refractivity contribution in [2.75, 3.05) is 33.0 Å². The van der Waals surface area contributed by atoms with Gasteiger partial charge < -0.3 is 64.2 Å². The number of aliphatic hydroxyl groups is 7. The smallest absolute Gasteiger partial charge is 0.306 e. The molecule has 372 valence electrons. The first-order valence-corrected chi connectivity index (χ1v) is 25.3. The van der Waals surface area contributed by atoms with E-state index in [0.717, 1.165) is 57.8 Å². The van der Waals surface area contributed by atoms with Crippen molar-refractivity contribution in [2.45, 2.75) is 261 Å². The van der Waals surface area contributed by atoms with Gasteiger partial charge in [0.1, 0.15) is 54.9 Å². The van der Waals surface area contributed by atoms with E-state index in [1.807, 2.05) is 0 Å². The summed E-state index contributed by atoms with van der Waals surface area (Å²) in [4.78, 5) is 13.0. The van der Waals surface area contributed by atoms with Crippen molar-refractivity contribution in [3.05, 3.63) is 12.2 Å². The molecule has 0 spiro atoms. The average Bonchev–Trinajstić information content (AvgIpc) is 3.28. The normalized spacial score (nSPS) is 27.0. The molecule has 11 unspecified atom stereocenters. The maximum absolute atomic E-state index is 13.0. The van der Waals surface area contributed by atoms with Gasteiger partial charge in [-0.1, -0.05) is 161 Å². The molecule has 14 heteroatoms. The SMILES string of the molecule is CCCCCCC/C=C\CCCCCCCC(=O)OC(COCCCCCCCCCCCCCCCCC)COC1OC(COC2OC(CO)C(O)C(O)C2O)C(O)C(O)C1O. The average molecular weight is 905 g/mol. The van der Waals surface area contributed by atoms with Gasteiger partial charge in [0.2, 0.25) is 0 Å². The van der Waals surface area contributed by atoms with Gasteiger partial charge in [-0.05, 0) is 38.5 Å². The maximum Gasteiger partial charge on any atom is 0.306 e. The van der Waals surface area contributed by atoms with Gasteiger partial charge in [-0.15, -0.1) is 0 Å². The van der Waals surface area contributed by atoms with E-state index < -0.39 is 80.7 Å². The Morgan fingerprint density at radius 3 is 1.44 bits per heavy atom. The molecule has 2 heterocycles. The van der Waals surface area contributed by atoms with Gasteiger partial charge in [0.05, 0.1) is 26.4 Å². The molecule has 2 rings (SSSR count). The third-order valence-corrected chi connectivity index (χ3v) is 12.3. The Labute approximate surface area is 380 Å². The monoisotopic (exact) mass is 905 g/mol. The highest BCUT2D eigenvalue weighted by Gasteiger charge is 2.47. The number of rotatable bonds is 40. The van der Waals surface area contributed by atoms with Gasteiger partial charge in [0.25, 0.3) is 0 Å². The van der Waals surface area contributed by atoms with Crippen LogP contribution in [-0.2, 0) is 33.2 Å². The molecule has 2 aliphatic heterocycles. The minimum atomic E-state index is -1.70. The van der Waals surface area contributed by atoms with Crippen molar-refractivity contribution in [3.8, 4) is 0 Å². The molecule has 0 radical (unpaired) electrons. The van der Waals surface area contributed by atoms with Crippen LogP contribution in [0.5, 0.6) is 0 Å². The van der Waals surface area contributed by atoms with Crippen LogP contribution < -0.4 is 0 Å². The molecular formula is C49H92O14. The summed E-state index contributed by atoms with van der Waals surface area (Å²) in [7, 11) is 0. The highest BCUT2D eigenvalue weighted by Crippen LogP contribution is 2.26. The lowest BCUT2D eigenvalue weighted by atomic mass is 9.98. The van der Waals surface area contributed by atoms with E-state index >= 15 is 0 Å². The van der Waals surface area contributed by atoms with Crippen LogP contribution in [0.1, 0.15) is 194 Å². The van der Waals surface area contributed by atoms with Gasteiger partial charge in [-0.2, -0.15) is 0 Å². The molecule has 0 amide bonds. The number of carbonyl (C=O) groups is 1. The first kappa shape index (κ1) is 57.9. The molecular weight excluding hydrogens is 813 g/mol. The molecule has 0 aromatic heterocycles. The summed E-state index contributed by atoms with van der Waals surface area (Å²) >= 11 is 0. The predicted octanol–water partition coefficient (Wildman–Crippen LogP) is 7.07. The molecule has 0 aromatic rings. The van der Waals surface area contributed by atoms with Crippen LogP contribution in [0, 0.1) is 0 Å². The second-order valence-corrected chi connectivity index (χ2v) is 18.0. The minimum Gasteiger partial charge on any atom is -0.457 e. The molecule has 0 saturated carbocycles. The lowest BCUT2D eigenvalue weighted by Crippen LogP contribution is -2.61. The van der Waals surface area contributed by atoms with E-state index in [1.165, 1.54) is 109 Å². The number of hydrogen-bond donors (Lipinski definition) is 7. The van der Waals surface area contributed by atoms with Gasteiger partial charge in [0.15, 0.2) is 12.6 Å². The summed E-state index contributed by atoms with van der Waals surface area (Å²) in [5.41, 5.74) is 0. The number of aliphatic hydroxyl groups excluding tert-OH is 7. The second-order valence-electron chi connectivity index (χ2n) is 18.0. The fraction of sp³-hybridized carbons (Fsp3) is 0.939. The van der Waals surface area contributed by atoms with Gasteiger partial charge >= 0.3 is 5.97 Å². The van der Waals surface area contributed by atoms with Gasteiger partial charge in [-0.25, -0.2) is 0 Å². The number of hydrogen-bond acceptors (Lipinski definition) is 14. The van der Waals surface area contributed by atoms with Crippen molar-refractivity contribution >= 4 is 5.97 Å². The lowest BCUT2D eigenvalue weighted by Gasteiger charge is -2.42. The third kappa shape index (κ3) is 26.0. The van der Waals surface area contributed by atoms with E-state index in [2.05, 4.69) is 26.0 Å². The molecule has 2 saturated heterocycles. The summed E-state index contributed by atoms with van der Waals surface area (Å²) in [6, 6.07) is 0. The molecule has 11 atom stereocenters. The van der Waals surface area contributed by atoms with E-state index in [1.54, 1.807) is 0 Å². The Hall–Kier alpha value is -1.27.